The predicted octanol–water partition coefficient (Wildman–Crippen LogP) is 4.16. The lowest BCUT2D eigenvalue weighted by Gasteiger charge is -2.28. The van der Waals surface area contributed by atoms with E-state index >= 15 is 0 Å². The molecule has 0 atom stereocenters. The van der Waals surface area contributed by atoms with Crippen LogP contribution in [0, 0.1) is 0 Å². The Hall–Kier alpha value is -2.82. The fourth-order valence-electron chi connectivity index (χ4n) is 3.85. The number of aryl methyl sites for hydroxylation is 1. The maximum Gasteiger partial charge on any atom is 0.303 e. The third kappa shape index (κ3) is 4.30. The standard InChI is InChI=1S/C22H25NO4/c1-27-19-9-5-7-17(15-19)22(12-2-3-13-22)21(26)23-18-8-4-6-16(14-18)10-11-20(24)25/h4-9,14-15H,2-3,10-13H2,1H3,(H,23,26)(H,24,25). The quantitative estimate of drug-likeness (QED) is 0.770. The summed E-state index contributed by atoms with van der Waals surface area (Å²) in [7, 11) is 1.63. The van der Waals surface area contributed by atoms with Crippen LogP contribution in [-0.2, 0) is 21.4 Å². The van der Waals surface area contributed by atoms with Crippen molar-refractivity contribution in [3.8, 4) is 5.75 Å². The lowest BCUT2D eigenvalue weighted by molar-refractivity contribution is -0.137. The molecule has 142 valence electrons. The van der Waals surface area contributed by atoms with Crippen LogP contribution in [0.5, 0.6) is 5.75 Å². The summed E-state index contributed by atoms with van der Waals surface area (Å²) in [6.45, 7) is 0. The summed E-state index contributed by atoms with van der Waals surface area (Å²) >= 11 is 0. The van der Waals surface area contributed by atoms with Gasteiger partial charge in [0.15, 0.2) is 0 Å². The van der Waals surface area contributed by atoms with Gasteiger partial charge in [0.25, 0.3) is 0 Å². The number of amides is 1. The molecular formula is C22H25NO4. The minimum atomic E-state index is -0.827. The zero-order chi connectivity index (χ0) is 19.3. The van der Waals surface area contributed by atoms with Gasteiger partial charge in [0.05, 0.1) is 12.5 Å². The van der Waals surface area contributed by atoms with E-state index in [4.69, 9.17) is 9.84 Å². The van der Waals surface area contributed by atoms with Crippen LogP contribution in [0.25, 0.3) is 0 Å². The second kappa shape index (κ2) is 8.25. The first-order valence-corrected chi connectivity index (χ1v) is 9.30. The molecule has 0 unspecified atom stereocenters. The van der Waals surface area contributed by atoms with E-state index in [1.54, 1.807) is 7.11 Å². The van der Waals surface area contributed by atoms with Gasteiger partial charge in [-0.05, 0) is 54.7 Å². The number of carboxylic acid groups (broad SMARTS) is 1. The van der Waals surface area contributed by atoms with Gasteiger partial charge in [0.2, 0.25) is 5.91 Å². The van der Waals surface area contributed by atoms with Crippen LogP contribution < -0.4 is 10.1 Å². The van der Waals surface area contributed by atoms with Gasteiger partial charge in [-0.15, -0.1) is 0 Å². The molecule has 1 amide bonds. The van der Waals surface area contributed by atoms with E-state index in [1.807, 2.05) is 48.5 Å². The van der Waals surface area contributed by atoms with E-state index in [0.717, 1.165) is 42.6 Å². The van der Waals surface area contributed by atoms with E-state index in [0.29, 0.717) is 12.1 Å². The van der Waals surface area contributed by atoms with Gasteiger partial charge < -0.3 is 15.2 Å². The van der Waals surface area contributed by atoms with Crippen LogP contribution in [0.1, 0.15) is 43.2 Å². The summed E-state index contributed by atoms with van der Waals surface area (Å²) in [5, 5.41) is 11.9. The Morgan fingerprint density at radius 1 is 1.11 bits per heavy atom. The highest BCUT2D eigenvalue weighted by atomic mass is 16.5. The molecule has 3 rings (SSSR count). The van der Waals surface area contributed by atoms with Gasteiger partial charge in [-0.3, -0.25) is 9.59 Å². The number of hydrogen-bond acceptors (Lipinski definition) is 3. The van der Waals surface area contributed by atoms with Crippen LogP contribution in [0.2, 0.25) is 0 Å². The SMILES string of the molecule is COc1cccc(C2(C(=O)Nc3cccc(CCC(=O)O)c3)CCCC2)c1. The molecule has 0 aromatic heterocycles. The molecule has 2 aromatic carbocycles. The molecule has 1 saturated carbocycles. The maximum atomic E-state index is 13.3. The van der Waals surface area contributed by atoms with Crippen molar-refractivity contribution < 1.29 is 19.4 Å². The summed E-state index contributed by atoms with van der Waals surface area (Å²) < 4.78 is 5.34. The molecule has 2 aromatic rings. The molecule has 27 heavy (non-hydrogen) atoms. The van der Waals surface area contributed by atoms with E-state index in [2.05, 4.69) is 5.32 Å². The molecule has 1 aliphatic carbocycles. The zero-order valence-corrected chi connectivity index (χ0v) is 15.5. The molecular weight excluding hydrogens is 342 g/mol. The normalized spacial score (nSPS) is 15.3. The third-order valence-corrected chi connectivity index (χ3v) is 5.33. The van der Waals surface area contributed by atoms with E-state index in [-0.39, 0.29) is 12.3 Å². The molecule has 0 radical (unpaired) electrons. The van der Waals surface area contributed by atoms with Gasteiger partial charge >= 0.3 is 5.97 Å². The molecule has 0 heterocycles. The number of anilines is 1. The minimum absolute atomic E-state index is 0.0105. The number of nitrogens with one attached hydrogen (secondary N) is 1. The number of hydrogen-bond donors (Lipinski definition) is 2. The molecule has 0 saturated heterocycles. The number of benzene rings is 2. The van der Waals surface area contributed by atoms with Crippen molar-refractivity contribution in [2.24, 2.45) is 0 Å². The molecule has 2 N–H and O–H groups in total. The molecule has 0 aliphatic heterocycles. The van der Waals surface area contributed by atoms with Gasteiger partial charge in [-0.1, -0.05) is 37.1 Å². The number of carbonyl (C=O) groups is 2. The maximum absolute atomic E-state index is 13.3. The Labute approximate surface area is 159 Å². The smallest absolute Gasteiger partial charge is 0.303 e. The van der Waals surface area contributed by atoms with Crippen LogP contribution >= 0.6 is 0 Å². The molecule has 5 nitrogen and oxygen atoms in total. The van der Waals surface area contributed by atoms with Crippen molar-refractivity contribution in [1.29, 1.82) is 0 Å². The first-order chi connectivity index (χ1) is 13.0. The Balaban J connectivity index is 1.82. The van der Waals surface area contributed by atoms with Gasteiger partial charge in [0.1, 0.15) is 5.75 Å². The Morgan fingerprint density at radius 3 is 2.56 bits per heavy atom. The lowest BCUT2D eigenvalue weighted by Crippen LogP contribution is -2.38. The first kappa shape index (κ1) is 19.0. The summed E-state index contributed by atoms with van der Waals surface area (Å²) in [6.07, 6.45) is 4.17. The third-order valence-electron chi connectivity index (χ3n) is 5.33. The van der Waals surface area contributed by atoms with Crippen molar-refractivity contribution in [3.63, 3.8) is 0 Å². The topological polar surface area (TPSA) is 75.6 Å². The van der Waals surface area contributed by atoms with Crippen molar-refractivity contribution in [1.82, 2.24) is 0 Å². The lowest BCUT2D eigenvalue weighted by atomic mass is 9.78. The molecule has 0 spiro atoms. The average molecular weight is 367 g/mol. The fraction of sp³-hybridized carbons (Fsp3) is 0.364. The van der Waals surface area contributed by atoms with E-state index in [1.165, 1.54) is 0 Å². The van der Waals surface area contributed by atoms with Crippen LogP contribution in [0.3, 0.4) is 0 Å². The van der Waals surface area contributed by atoms with E-state index < -0.39 is 11.4 Å². The summed E-state index contributed by atoms with van der Waals surface area (Å²) in [6, 6.07) is 15.2. The monoisotopic (exact) mass is 367 g/mol. The Bertz CT molecular complexity index is 825. The van der Waals surface area contributed by atoms with Crippen molar-refractivity contribution >= 4 is 17.6 Å². The summed E-state index contributed by atoms with van der Waals surface area (Å²) in [5.41, 5.74) is 2.04. The highest BCUT2D eigenvalue weighted by molar-refractivity contribution is 5.99. The number of rotatable bonds is 7. The van der Waals surface area contributed by atoms with Crippen molar-refractivity contribution in [3.05, 3.63) is 59.7 Å². The second-order valence-electron chi connectivity index (χ2n) is 7.07. The summed E-state index contributed by atoms with van der Waals surface area (Å²) in [4.78, 5) is 24.0. The molecule has 1 aliphatic rings. The summed E-state index contributed by atoms with van der Waals surface area (Å²) in [5.74, 6) is -0.0850. The van der Waals surface area contributed by atoms with Crippen LogP contribution in [-0.4, -0.2) is 24.1 Å². The number of methoxy groups -OCH3 is 1. The van der Waals surface area contributed by atoms with Crippen LogP contribution in [0.15, 0.2) is 48.5 Å². The Kier molecular flexibility index (Phi) is 5.79. The fourth-order valence-corrected chi connectivity index (χ4v) is 3.85. The number of aliphatic carboxylic acids is 1. The second-order valence-corrected chi connectivity index (χ2v) is 7.07. The predicted molar refractivity (Wildman–Crippen MR) is 104 cm³/mol. The van der Waals surface area contributed by atoms with Crippen molar-refractivity contribution in [2.75, 3.05) is 12.4 Å². The molecule has 1 fully saturated rings. The van der Waals surface area contributed by atoms with E-state index in [9.17, 15) is 9.59 Å². The average Bonchev–Trinajstić information content (AvgIpc) is 3.18. The number of ether oxygens (including phenoxy) is 1. The van der Waals surface area contributed by atoms with Gasteiger partial charge in [-0.2, -0.15) is 0 Å². The first-order valence-electron chi connectivity index (χ1n) is 9.30. The molecule has 5 heteroatoms. The minimum Gasteiger partial charge on any atom is -0.497 e. The highest BCUT2D eigenvalue weighted by Crippen LogP contribution is 2.43. The number of carbonyl (C=O) groups excluding carboxylic acids is 1. The zero-order valence-electron chi connectivity index (χ0n) is 15.5. The van der Waals surface area contributed by atoms with Gasteiger partial charge in [0, 0.05) is 12.1 Å². The van der Waals surface area contributed by atoms with Gasteiger partial charge in [-0.25, -0.2) is 0 Å². The highest BCUT2D eigenvalue weighted by Gasteiger charge is 2.42. The number of carboxylic acids is 1. The largest absolute Gasteiger partial charge is 0.497 e. The van der Waals surface area contributed by atoms with Crippen molar-refractivity contribution in [2.45, 2.75) is 43.9 Å². The van der Waals surface area contributed by atoms with Crippen LogP contribution in [0.4, 0.5) is 5.69 Å². The molecule has 0 bridgehead atoms. The Morgan fingerprint density at radius 2 is 1.85 bits per heavy atom.